The van der Waals surface area contributed by atoms with Crippen LogP contribution in [0.2, 0.25) is 0 Å². The number of fused-ring (bicyclic) bond motifs is 1. The number of amides is 1. The van der Waals surface area contributed by atoms with Crippen molar-refractivity contribution in [3.05, 3.63) is 50.6 Å². The minimum absolute atomic E-state index is 0.0348. The van der Waals surface area contributed by atoms with Crippen molar-refractivity contribution in [1.82, 2.24) is 0 Å². The van der Waals surface area contributed by atoms with E-state index in [0.29, 0.717) is 12.0 Å². The van der Waals surface area contributed by atoms with E-state index in [-0.39, 0.29) is 18.2 Å². The molecule has 0 fully saturated rings. The van der Waals surface area contributed by atoms with E-state index in [1.165, 1.54) is 4.88 Å². The van der Waals surface area contributed by atoms with Gasteiger partial charge in [0.05, 0.1) is 12.2 Å². The molecule has 0 aliphatic carbocycles. The molecule has 3 rings (SSSR count). The van der Waals surface area contributed by atoms with Gasteiger partial charge in [-0.2, -0.15) is 0 Å². The zero-order chi connectivity index (χ0) is 14.8. The normalized spacial score (nSPS) is 14.7. The Hall–Kier alpha value is -1.46. The lowest BCUT2D eigenvalue weighted by molar-refractivity contribution is -0.118. The summed E-state index contributed by atoms with van der Waals surface area (Å²) in [7, 11) is 0. The fourth-order valence-corrected chi connectivity index (χ4v) is 3.95. The smallest absolute Gasteiger partial charge is 0.227 e. The molecule has 0 saturated carbocycles. The maximum atomic E-state index is 12.5. The predicted octanol–water partition coefficient (Wildman–Crippen LogP) is 4.06. The number of anilines is 1. The Labute approximate surface area is 135 Å². The van der Waals surface area contributed by atoms with Gasteiger partial charge in [0.25, 0.3) is 0 Å². The van der Waals surface area contributed by atoms with Gasteiger partial charge in [0, 0.05) is 21.3 Å². The molecule has 0 atom stereocenters. The average Bonchev–Trinajstić information content (AvgIpc) is 2.87. The molecule has 0 N–H and O–H groups in total. The van der Waals surface area contributed by atoms with Crippen molar-refractivity contribution in [2.45, 2.75) is 19.3 Å². The van der Waals surface area contributed by atoms with Gasteiger partial charge in [-0.25, -0.2) is 0 Å². The third kappa shape index (κ3) is 2.94. The van der Waals surface area contributed by atoms with E-state index < -0.39 is 0 Å². The molecule has 1 aromatic carbocycles. The van der Waals surface area contributed by atoms with Crippen LogP contribution >= 0.6 is 27.3 Å². The molecule has 1 amide bonds. The van der Waals surface area contributed by atoms with E-state index in [4.69, 9.17) is 0 Å². The molecule has 0 radical (unpaired) electrons. The molecule has 2 heterocycles. The van der Waals surface area contributed by atoms with E-state index in [1.54, 1.807) is 22.3 Å². The number of benzene rings is 1. The summed E-state index contributed by atoms with van der Waals surface area (Å²) in [5, 5.41) is 1.99. The summed E-state index contributed by atoms with van der Waals surface area (Å²) in [6.07, 6.45) is 2.27. The molecule has 3 nitrogen and oxygen atoms in total. The number of aryl methyl sites for hydroxylation is 1. The number of nitrogens with zero attached hydrogens (tertiary/aromatic N) is 1. The van der Waals surface area contributed by atoms with Crippen molar-refractivity contribution in [1.29, 1.82) is 0 Å². The van der Waals surface area contributed by atoms with Crippen LogP contribution in [0, 0.1) is 0 Å². The highest BCUT2D eigenvalue weighted by Gasteiger charge is 2.25. The fourth-order valence-electron chi connectivity index (χ4n) is 2.52. The summed E-state index contributed by atoms with van der Waals surface area (Å²) in [6, 6.07) is 9.26. The van der Waals surface area contributed by atoms with Crippen LogP contribution < -0.4 is 4.90 Å². The summed E-state index contributed by atoms with van der Waals surface area (Å²) in [4.78, 5) is 27.6. The first kappa shape index (κ1) is 14.5. The van der Waals surface area contributed by atoms with Crippen LogP contribution in [0.4, 0.5) is 5.69 Å². The Kier molecular flexibility index (Phi) is 4.22. The quantitative estimate of drug-likeness (QED) is 0.771. The number of Topliss-reactive ketones (excluding diaryl/α,β-unsaturated/α-hetero) is 1. The standard InChI is InChI=1S/C16H14BrNO2S/c17-12-5-2-1-4-11(12)14(19)10-18-13-8-9-21-15(13)6-3-7-16(18)20/h1-2,4-5,8-9H,3,6-7,10H2. The van der Waals surface area contributed by atoms with E-state index in [9.17, 15) is 9.59 Å². The number of thiophene rings is 1. The molecule has 1 aliphatic heterocycles. The first-order valence-electron chi connectivity index (χ1n) is 6.81. The highest BCUT2D eigenvalue weighted by Crippen LogP contribution is 2.31. The second kappa shape index (κ2) is 6.12. The summed E-state index contributed by atoms with van der Waals surface area (Å²) in [6.45, 7) is 0.102. The SMILES string of the molecule is O=C(CN1C(=O)CCCc2sccc21)c1ccccc1Br. The second-order valence-electron chi connectivity index (χ2n) is 4.97. The summed E-state index contributed by atoms with van der Waals surface area (Å²) in [5.41, 5.74) is 1.52. The molecule has 0 spiro atoms. The molecular weight excluding hydrogens is 350 g/mol. The molecular formula is C16H14BrNO2S. The lowest BCUT2D eigenvalue weighted by Crippen LogP contribution is -2.35. The topological polar surface area (TPSA) is 37.4 Å². The van der Waals surface area contributed by atoms with Crippen molar-refractivity contribution in [3.63, 3.8) is 0 Å². The van der Waals surface area contributed by atoms with Crippen LogP contribution in [-0.4, -0.2) is 18.2 Å². The third-order valence-corrected chi connectivity index (χ3v) is 5.25. The van der Waals surface area contributed by atoms with Gasteiger partial charge >= 0.3 is 0 Å². The van der Waals surface area contributed by atoms with Crippen molar-refractivity contribution in [2.75, 3.05) is 11.4 Å². The number of carbonyl (C=O) groups excluding carboxylic acids is 2. The summed E-state index contributed by atoms with van der Waals surface area (Å²) >= 11 is 5.05. The summed E-state index contributed by atoms with van der Waals surface area (Å²) < 4.78 is 0.766. The monoisotopic (exact) mass is 363 g/mol. The van der Waals surface area contributed by atoms with Crippen LogP contribution in [0.1, 0.15) is 28.1 Å². The number of hydrogen-bond donors (Lipinski definition) is 0. The Balaban J connectivity index is 1.89. The maximum Gasteiger partial charge on any atom is 0.227 e. The van der Waals surface area contributed by atoms with E-state index in [0.717, 1.165) is 23.0 Å². The first-order chi connectivity index (χ1) is 10.2. The van der Waals surface area contributed by atoms with Crippen molar-refractivity contribution >= 4 is 44.6 Å². The average molecular weight is 364 g/mol. The van der Waals surface area contributed by atoms with Crippen molar-refractivity contribution in [3.8, 4) is 0 Å². The minimum atomic E-state index is -0.0464. The van der Waals surface area contributed by atoms with Gasteiger partial charge < -0.3 is 4.90 Å². The molecule has 108 valence electrons. The van der Waals surface area contributed by atoms with Gasteiger partial charge in [-0.1, -0.05) is 34.1 Å². The third-order valence-electron chi connectivity index (χ3n) is 3.58. The second-order valence-corrected chi connectivity index (χ2v) is 6.82. The van der Waals surface area contributed by atoms with Crippen LogP contribution in [0.3, 0.4) is 0 Å². The van der Waals surface area contributed by atoms with Crippen molar-refractivity contribution in [2.24, 2.45) is 0 Å². The van der Waals surface area contributed by atoms with E-state index in [1.807, 2.05) is 29.6 Å². The molecule has 0 bridgehead atoms. The number of rotatable bonds is 3. The number of halogens is 1. The Morgan fingerprint density at radius 2 is 2.05 bits per heavy atom. The molecule has 1 aliphatic rings. The lowest BCUT2D eigenvalue weighted by Gasteiger charge is -2.20. The fraction of sp³-hybridized carbons (Fsp3) is 0.250. The van der Waals surface area contributed by atoms with Gasteiger partial charge in [-0.15, -0.1) is 11.3 Å². The highest BCUT2D eigenvalue weighted by molar-refractivity contribution is 9.10. The lowest BCUT2D eigenvalue weighted by atomic mass is 10.1. The van der Waals surface area contributed by atoms with Crippen LogP contribution in [0.15, 0.2) is 40.2 Å². The molecule has 2 aromatic rings. The molecule has 5 heteroatoms. The molecule has 1 aromatic heterocycles. The predicted molar refractivity (Wildman–Crippen MR) is 88.1 cm³/mol. The molecule has 21 heavy (non-hydrogen) atoms. The van der Waals surface area contributed by atoms with Gasteiger partial charge in [0.15, 0.2) is 5.78 Å². The Morgan fingerprint density at radius 1 is 1.24 bits per heavy atom. The highest BCUT2D eigenvalue weighted by atomic mass is 79.9. The summed E-state index contributed by atoms with van der Waals surface area (Å²) in [5.74, 6) is -0.0116. The Bertz CT molecular complexity index is 695. The number of carbonyl (C=O) groups is 2. The van der Waals surface area contributed by atoms with E-state index in [2.05, 4.69) is 15.9 Å². The zero-order valence-corrected chi connectivity index (χ0v) is 13.7. The van der Waals surface area contributed by atoms with Crippen LogP contribution in [0.25, 0.3) is 0 Å². The number of hydrogen-bond acceptors (Lipinski definition) is 3. The van der Waals surface area contributed by atoms with Gasteiger partial charge in [-0.05, 0) is 30.4 Å². The minimum Gasteiger partial charge on any atom is -0.303 e. The first-order valence-corrected chi connectivity index (χ1v) is 8.48. The van der Waals surface area contributed by atoms with Gasteiger partial charge in [-0.3, -0.25) is 9.59 Å². The Morgan fingerprint density at radius 3 is 2.86 bits per heavy atom. The zero-order valence-electron chi connectivity index (χ0n) is 11.3. The van der Waals surface area contributed by atoms with Gasteiger partial charge in [0.1, 0.15) is 0 Å². The number of ketones is 1. The van der Waals surface area contributed by atoms with E-state index >= 15 is 0 Å². The van der Waals surface area contributed by atoms with Crippen LogP contribution in [0.5, 0.6) is 0 Å². The largest absolute Gasteiger partial charge is 0.303 e. The van der Waals surface area contributed by atoms with Crippen molar-refractivity contribution < 1.29 is 9.59 Å². The molecule has 0 unspecified atom stereocenters. The molecule has 0 saturated heterocycles. The van der Waals surface area contributed by atoms with Crippen LogP contribution in [-0.2, 0) is 11.2 Å². The van der Waals surface area contributed by atoms with Gasteiger partial charge in [0.2, 0.25) is 5.91 Å². The maximum absolute atomic E-state index is 12.5.